The summed E-state index contributed by atoms with van der Waals surface area (Å²) in [6.07, 6.45) is 5.26. The third-order valence-corrected chi connectivity index (χ3v) is 3.14. The number of carbonyl (C=O) groups is 2. The number of aliphatic hydroxyl groups excluding tert-OH is 1. The second-order valence-corrected chi connectivity index (χ2v) is 4.58. The third-order valence-electron chi connectivity index (χ3n) is 3.14. The molecule has 98 valence electrons. The smallest absolute Gasteiger partial charge is 0.242 e. The lowest BCUT2D eigenvalue weighted by Crippen LogP contribution is -2.47. The highest BCUT2D eigenvalue weighted by atomic mass is 16.3. The van der Waals surface area contributed by atoms with Gasteiger partial charge < -0.3 is 15.7 Å². The number of nitrogens with one attached hydrogen (secondary N) is 2. The molecule has 3 N–H and O–H groups in total. The standard InChI is InChI=1S/C12H22N2O3/c1-9(11(16)13-7-8-15)14-12(17)10-5-3-2-4-6-10/h9-10,15H,2-8H2,1H3,(H,13,16)(H,14,17). The van der Waals surface area contributed by atoms with Crippen LogP contribution in [0.4, 0.5) is 0 Å². The van der Waals surface area contributed by atoms with E-state index in [0.29, 0.717) is 0 Å². The van der Waals surface area contributed by atoms with Gasteiger partial charge in [0.25, 0.3) is 0 Å². The lowest BCUT2D eigenvalue weighted by atomic mass is 9.88. The van der Waals surface area contributed by atoms with E-state index < -0.39 is 6.04 Å². The Bertz CT molecular complexity index is 262. The van der Waals surface area contributed by atoms with E-state index in [9.17, 15) is 9.59 Å². The molecule has 1 aliphatic carbocycles. The molecule has 5 nitrogen and oxygen atoms in total. The summed E-state index contributed by atoms with van der Waals surface area (Å²) in [7, 11) is 0. The van der Waals surface area contributed by atoms with Crippen molar-refractivity contribution in [3.63, 3.8) is 0 Å². The SMILES string of the molecule is CC(NC(=O)C1CCCCC1)C(=O)NCCO. The van der Waals surface area contributed by atoms with Crippen molar-refractivity contribution in [2.45, 2.75) is 45.1 Å². The van der Waals surface area contributed by atoms with Crippen LogP contribution in [0, 0.1) is 5.92 Å². The molecule has 5 heteroatoms. The van der Waals surface area contributed by atoms with Crippen molar-refractivity contribution in [2.24, 2.45) is 5.92 Å². The van der Waals surface area contributed by atoms with Crippen LogP contribution in [0.3, 0.4) is 0 Å². The Kier molecular flexibility index (Phi) is 5.97. The number of amides is 2. The molecular formula is C12H22N2O3. The van der Waals surface area contributed by atoms with Gasteiger partial charge in [-0.1, -0.05) is 19.3 Å². The molecule has 0 aromatic heterocycles. The highest BCUT2D eigenvalue weighted by molar-refractivity contribution is 5.88. The van der Waals surface area contributed by atoms with E-state index in [1.807, 2.05) is 0 Å². The third kappa shape index (κ3) is 4.73. The Hall–Kier alpha value is -1.10. The average Bonchev–Trinajstić information content (AvgIpc) is 2.36. The van der Waals surface area contributed by atoms with E-state index in [1.54, 1.807) is 6.92 Å². The minimum atomic E-state index is -0.532. The highest BCUT2D eigenvalue weighted by Crippen LogP contribution is 2.23. The van der Waals surface area contributed by atoms with Gasteiger partial charge in [0.1, 0.15) is 6.04 Å². The molecule has 0 bridgehead atoms. The monoisotopic (exact) mass is 242 g/mol. The molecule has 1 aliphatic rings. The van der Waals surface area contributed by atoms with Gasteiger partial charge in [0.05, 0.1) is 6.61 Å². The van der Waals surface area contributed by atoms with Gasteiger partial charge in [-0.3, -0.25) is 9.59 Å². The second-order valence-electron chi connectivity index (χ2n) is 4.58. The van der Waals surface area contributed by atoms with Crippen LogP contribution in [0.1, 0.15) is 39.0 Å². The van der Waals surface area contributed by atoms with Crippen LogP contribution in [0.2, 0.25) is 0 Å². The van der Waals surface area contributed by atoms with E-state index in [1.165, 1.54) is 6.42 Å². The first-order chi connectivity index (χ1) is 8.15. The highest BCUT2D eigenvalue weighted by Gasteiger charge is 2.23. The predicted octanol–water partition coefficient (Wildman–Crippen LogP) is 0.180. The molecule has 1 unspecified atom stereocenters. The number of rotatable bonds is 5. The Labute approximate surface area is 102 Å². The van der Waals surface area contributed by atoms with Gasteiger partial charge in [0.2, 0.25) is 11.8 Å². The minimum Gasteiger partial charge on any atom is -0.395 e. The van der Waals surface area contributed by atoms with Crippen LogP contribution in [0.15, 0.2) is 0 Å². The summed E-state index contributed by atoms with van der Waals surface area (Å²) in [6.45, 7) is 1.80. The zero-order chi connectivity index (χ0) is 12.7. The maximum absolute atomic E-state index is 11.8. The van der Waals surface area contributed by atoms with Gasteiger partial charge in [-0.2, -0.15) is 0 Å². The van der Waals surface area contributed by atoms with Crippen molar-refractivity contribution in [2.75, 3.05) is 13.2 Å². The van der Waals surface area contributed by atoms with E-state index in [2.05, 4.69) is 10.6 Å². The fraction of sp³-hybridized carbons (Fsp3) is 0.833. The number of hydrogen-bond acceptors (Lipinski definition) is 3. The van der Waals surface area contributed by atoms with E-state index in [-0.39, 0.29) is 30.9 Å². The van der Waals surface area contributed by atoms with Crippen LogP contribution >= 0.6 is 0 Å². The first-order valence-electron chi connectivity index (χ1n) is 6.34. The molecule has 1 rings (SSSR count). The van der Waals surface area contributed by atoms with Crippen LogP contribution in [0.25, 0.3) is 0 Å². The molecule has 0 heterocycles. The van der Waals surface area contributed by atoms with Gasteiger partial charge in [-0.25, -0.2) is 0 Å². The van der Waals surface area contributed by atoms with Crippen LogP contribution in [0.5, 0.6) is 0 Å². The van der Waals surface area contributed by atoms with E-state index in [0.717, 1.165) is 25.7 Å². The summed E-state index contributed by atoms with van der Waals surface area (Å²) in [5, 5.41) is 13.8. The van der Waals surface area contributed by atoms with Crippen LogP contribution in [-0.4, -0.2) is 36.1 Å². The molecular weight excluding hydrogens is 220 g/mol. The van der Waals surface area contributed by atoms with Crippen molar-refractivity contribution >= 4 is 11.8 Å². The number of hydrogen-bond donors (Lipinski definition) is 3. The number of carbonyl (C=O) groups excluding carboxylic acids is 2. The summed E-state index contributed by atoms with van der Waals surface area (Å²) >= 11 is 0. The molecule has 17 heavy (non-hydrogen) atoms. The maximum Gasteiger partial charge on any atom is 0.242 e. The molecule has 1 fully saturated rings. The average molecular weight is 242 g/mol. The molecule has 0 aliphatic heterocycles. The summed E-state index contributed by atoms with van der Waals surface area (Å²) < 4.78 is 0. The fourth-order valence-corrected chi connectivity index (χ4v) is 2.09. The van der Waals surface area contributed by atoms with Gasteiger partial charge in [-0.05, 0) is 19.8 Å². The van der Waals surface area contributed by atoms with E-state index >= 15 is 0 Å². The van der Waals surface area contributed by atoms with Crippen molar-refractivity contribution in [3.8, 4) is 0 Å². The maximum atomic E-state index is 11.8. The normalized spacial score (nSPS) is 18.5. The Morgan fingerprint density at radius 2 is 1.94 bits per heavy atom. The van der Waals surface area contributed by atoms with Crippen molar-refractivity contribution in [1.29, 1.82) is 0 Å². The molecule has 1 saturated carbocycles. The molecule has 1 atom stereocenters. The molecule has 0 radical (unpaired) electrons. The minimum absolute atomic E-state index is 0.0173. The number of aliphatic hydroxyl groups is 1. The van der Waals surface area contributed by atoms with Crippen LogP contribution < -0.4 is 10.6 Å². The topological polar surface area (TPSA) is 78.4 Å². The molecule has 0 aromatic carbocycles. The summed E-state index contributed by atoms with van der Waals surface area (Å²) in [5.41, 5.74) is 0. The van der Waals surface area contributed by atoms with Gasteiger partial charge in [0.15, 0.2) is 0 Å². The molecule has 0 aromatic rings. The van der Waals surface area contributed by atoms with Crippen molar-refractivity contribution in [1.82, 2.24) is 10.6 Å². The summed E-state index contributed by atoms with van der Waals surface area (Å²) in [4.78, 5) is 23.3. The quantitative estimate of drug-likeness (QED) is 0.643. The first-order valence-corrected chi connectivity index (χ1v) is 6.34. The zero-order valence-electron chi connectivity index (χ0n) is 10.4. The molecule has 0 saturated heterocycles. The van der Waals surface area contributed by atoms with Crippen molar-refractivity contribution in [3.05, 3.63) is 0 Å². The molecule has 2 amide bonds. The van der Waals surface area contributed by atoms with Gasteiger partial charge in [0, 0.05) is 12.5 Å². The van der Waals surface area contributed by atoms with Gasteiger partial charge in [-0.15, -0.1) is 0 Å². The Morgan fingerprint density at radius 3 is 2.53 bits per heavy atom. The Balaban J connectivity index is 2.31. The lowest BCUT2D eigenvalue weighted by Gasteiger charge is -2.22. The fourth-order valence-electron chi connectivity index (χ4n) is 2.09. The van der Waals surface area contributed by atoms with E-state index in [4.69, 9.17) is 5.11 Å². The largest absolute Gasteiger partial charge is 0.395 e. The second kappa shape index (κ2) is 7.27. The van der Waals surface area contributed by atoms with Crippen molar-refractivity contribution < 1.29 is 14.7 Å². The summed E-state index contributed by atoms with van der Waals surface area (Å²) in [5.74, 6) is -0.198. The zero-order valence-corrected chi connectivity index (χ0v) is 10.4. The summed E-state index contributed by atoms with van der Waals surface area (Å²) in [6, 6.07) is -0.532. The van der Waals surface area contributed by atoms with Gasteiger partial charge >= 0.3 is 0 Å². The van der Waals surface area contributed by atoms with Crippen LogP contribution in [-0.2, 0) is 9.59 Å². The lowest BCUT2D eigenvalue weighted by molar-refractivity contribution is -0.131. The first kappa shape index (κ1) is 14.0. The molecule has 0 spiro atoms. The Morgan fingerprint density at radius 1 is 1.29 bits per heavy atom. The predicted molar refractivity (Wildman–Crippen MR) is 64.3 cm³/mol.